The summed E-state index contributed by atoms with van der Waals surface area (Å²) >= 11 is 0. The highest BCUT2D eigenvalue weighted by Gasteiger charge is 2.27. The molecule has 0 spiro atoms. The number of aromatic nitrogens is 1. The number of anilines is 1. The van der Waals surface area contributed by atoms with Gasteiger partial charge in [0.2, 0.25) is 0 Å². The fourth-order valence-electron chi connectivity index (χ4n) is 2.98. The quantitative estimate of drug-likeness (QED) is 0.647. The highest BCUT2D eigenvalue weighted by atomic mass is 19.1. The van der Waals surface area contributed by atoms with Gasteiger partial charge in [-0.15, -0.1) is 0 Å². The second-order valence-corrected chi connectivity index (χ2v) is 6.00. The van der Waals surface area contributed by atoms with Gasteiger partial charge >= 0.3 is 0 Å². The summed E-state index contributed by atoms with van der Waals surface area (Å²) in [7, 11) is 1.60. The molecule has 2 heterocycles. The standard InChI is InChI=1S/C18H20F3N5/c1-22-18(24-10-16-13(19)6-3-8-23-16)25-12-7-9-26(11-12)17-14(20)4-2-5-15(17)21/h2-6,8,12H,7,9-11H2,1H3,(H2,22,24,25). The molecule has 1 saturated heterocycles. The Hall–Kier alpha value is -2.77. The Kier molecular flexibility index (Phi) is 5.60. The maximum absolute atomic E-state index is 13.9. The van der Waals surface area contributed by atoms with E-state index in [9.17, 15) is 13.2 Å². The molecule has 1 atom stereocenters. The Morgan fingerprint density at radius 3 is 2.62 bits per heavy atom. The van der Waals surface area contributed by atoms with E-state index in [1.54, 1.807) is 11.9 Å². The fourth-order valence-corrected chi connectivity index (χ4v) is 2.98. The largest absolute Gasteiger partial charge is 0.365 e. The Morgan fingerprint density at radius 2 is 1.92 bits per heavy atom. The van der Waals surface area contributed by atoms with E-state index in [2.05, 4.69) is 20.6 Å². The van der Waals surface area contributed by atoms with Gasteiger partial charge in [0, 0.05) is 32.4 Å². The number of pyridine rings is 1. The molecular weight excluding hydrogens is 343 g/mol. The van der Waals surface area contributed by atoms with Gasteiger partial charge in [0.25, 0.3) is 0 Å². The van der Waals surface area contributed by atoms with Crippen molar-refractivity contribution in [3.8, 4) is 0 Å². The predicted octanol–water partition coefficient (Wildman–Crippen LogP) is 2.44. The van der Waals surface area contributed by atoms with Crippen LogP contribution < -0.4 is 15.5 Å². The van der Waals surface area contributed by atoms with E-state index in [1.807, 2.05) is 0 Å². The number of hydrogen-bond acceptors (Lipinski definition) is 3. The van der Waals surface area contributed by atoms with Gasteiger partial charge in [0.15, 0.2) is 5.96 Å². The molecule has 1 aliphatic heterocycles. The summed E-state index contributed by atoms with van der Waals surface area (Å²) in [6.45, 7) is 1.16. The van der Waals surface area contributed by atoms with Crippen LogP contribution in [0.5, 0.6) is 0 Å². The van der Waals surface area contributed by atoms with E-state index in [0.717, 1.165) is 0 Å². The van der Waals surface area contributed by atoms with Crippen LogP contribution in [0.4, 0.5) is 18.9 Å². The van der Waals surface area contributed by atoms with Crippen LogP contribution in [0.3, 0.4) is 0 Å². The number of nitrogens with zero attached hydrogens (tertiary/aromatic N) is 3. The smallest absolute Gasteiger partial charge is 0.191 e. The summed E-state index contributed by atoms with van der Waals surface area (Å²) in [4.78, 5) is 9.76. The SMILES string of the molecule is CN=C(NCc1ncccc1F)NC1CCN(c2c(F)cccc2F)C1. The van der Waals surface area contributed by atoms with E-state index in [0.29, 0.717) is 25.5 Å². The number of halogens is 3. The Labute approximate surface area is 150 Å². The summed E-state index contributed by atoms with van der Waals surface area (Å²) in [6.07, 6.45) is 2.22. The van der Waals surface area contributed by atoms with Crippen molar-refractivity contribution in [3.63, 3.8) is 0 Å². The molecule has 0 saturated carbocycles. The fraction of sp³-hybridized carbons (Fsp3) is 0.333. The zero-order valence-electron chi connectivity index (χ0n) is 14.3. The van der Waals surface area contributed by atoms with Gasteiger partial charge in [-0.1, -0.05) is 6.07 Å². The molecule has 1 aliphatic rings. The Bertz CT molecular complexity index is 776. The molecule has 1 aromatic carbocycles. The highest BCUT2D eigenvalue weighted by Crippen LogP contribution is 2.26. The number of rotatable bonds is 4. The van der Waals surface area contributed by atoms with Crippen molar-refractivity contribution in [2.75, 3.05) is 25.0 Å². The molecule has 0 aliphatic carbocycles. The van der Waals surface area contributed by atoms with Crippen molar-refractivity contribution in [1.29, 1.82) is 0 Å². The third kappa shape index (κ3) is 4.07. The average Bonchev–Trinajstić information content (AvgIpc) is 3.07. The average molecular weight is 363 g/mol. The van der Waals surface area contributed by atoms with E-state index in [1.165, 1.54) is 36.5 Å². The molecule has 2 aromatic rings. The van der Waals surface area contributed by atoms with Crippen molar-refractivity contribution >= 4 is 11.6 Å². The van der Waals surface area contributed by atoms with Crippen molar-refractivity contribution in [2.45, 2.75) is 19.0 Å². The van der Waals surface area contributed by atoms with Gasteiger partial charge in [0.05, 0.1) is 12.2 Å². The molecule has 1 aromatic heterocycles. The number of benzene rings is 1. The van der Waals surface area contributed by atoms with E-state index < -0.39 is 17.5 Å². The maximum Gasteiger partial charge on any atom is 0.191 e. The molecule has 138 valence electrons. The lowest BCUT2D eigenvalue weighted by molar-refractivity contribution is 0.575. The zero-order chi connectivity index (χ0) is 18.5. The first-order valence-corrected chi connectivity index (χ1v) is 8.34. The Morgan fingerprint density at radius 1 is 1.19 bits per heavy atom. The maximum atomic E-state index is 13.9. The van der Waals surface area contributed by atoms with Crippen LogP contribution in [0.25, 0.3) is 0 Å². The molecule has 26 heavy (non-hydrogen) atoms. The van der Waals surface area contributed by atoms with Gasteiger partial charge in [0.1, 0.15) is 23.1 Å². The van der Waals surface area contributed by atoms with Crippen molar-refractivity contribution < 1.29 is 13.2 Å². The molecule has 5 nitrogen and oxygen atoms in total. The second-order valence-electron chi connectivity index (χ2n) is 6.00. The van der Waals surface area contributed by atoms with Gasteiger partial charge < -0.3 is 15.5 Å². The minimum atomic E-state index is -0.571. The van der Waals surface area contributed by atoms with Crippen LogP contribution >= 0.6 is 0 Å². The Balaban J connectivity index is 1.58. The first-order chi connectivity index (χ1) is 12.6. The number of aliphatic imine (C=N–C) groups is 1. The molecule has 3 rings (SSSR count). The zero-order valence-corrected chi connectivity index (χ0v) is 14.3. The molecule has 0 amide bonds. The van der Waals surface area contributed by atoms with Crippen molar-refractivity contribution in [2.24, 2.45) is 4.99 Å². The topological polar surface area (TPSA) is 52.6 Å². The highest BCUT2D eigenvalue weighted by molar-refractivity contribution is 5.80. The van der Waals surface area contributed by atoms with Crippen LogP contribution in [-0.4, -0.2) is 37.1 Å². The summed E-state index contributed by atoms with van der Waals surface area (Å²) in [5.41, 5.74) is 0.284. The van der Waals surface area contributed by atoms with E-state index >= 15 is 0 Å². The van der Waals surface area contributed by atoms with E-state index in [4.69, 9.17) is 0 Å². The summed E-state index contributed by atoms with van der Waals surface area (Å²) < 4.78 is 41.5. The third-order valence-corrected chi connectivity index (χ3v) is 4.26. The molecule has 0 bridgehead atoms. The minimum absolute atomic E-state index is 0.00435. The number of hydrogen-bond donors (Lipinski definition) is 2. The molecule has 2 N–H and O–H groups in total. The minimum Gasteiger partial charge on any atom is -0.365 e. The lowest BCUT2D eigenvalue weighted by Crippen LogP contribution is -2.44. The van der Waals surface area contributed by atoms with Crippen molar-refractivity contribution in [1.82, 2.24) is 15.6 Å². The first kappa shape index (κ1) is 18.0. The molecular formula is C18H20F3N5. The normalized spacial score (nSPS) is 17.5. The summed E-state index contributed by atoms with van der Waals surface area (Å²) in [5, 5.41) is 6.20. The predicted molar refractivity (Wildman–Crippen MR) is 94.5 cm³/mol. The molecule has 8 heteroatoms. The first-order valence-electron chi connectivity index (χ1n) is 8.34. The van der Waals surface area contributed by atoms with Crippen LogP contribution in [-0.2, 0) is 6.54 Å². The molecule has 1 fully saturated rings. The molecule has 1 unspecified atom stereocenters. The molecule has 0 radical (unpaired) electrons. The van der Waals surface area contributed by atoms with Gasteiger partial charge in [-0.25, -0.2) is 13.2 Å². The second kappa shape index (κ2) is 8.07. The number of para-hydroxylation sites is 1. The van der Waals surface area contributed by atoms with Crippen LogP contribution in [0.1, 0.15) is 12.1 Å². The van der Waals surface area contributed by atoms with Gasteiger partial charge in [-0.3, -0.25) is 9.98 Å². The van der Waals surface area contributed by atoms with Gasteiger partial charge in [-0.2, -0.15) is 0 Å². The summed E-state index contributed by atoms with van der Waals surface area (Å²) in [6, 6.07) is 6.69. The lowest BCUT2D eigenvalue weighted by atomic mass is 10.2. The number of guanidine groups is 1. The monoisotopic (exact) mass is 363 g/mol. The number of nitrogens with one attached hydrogen (secondary N) is 2. The van der Waals surface area contributed by atoms with Crippen LogP contribution in [0.2, 0.25) is 0 Å². The summed E-state index contributed by atoms with van der Waals surface area (Å²) in [5.74, 6) is -1.05. The van der Waals surface area contributed by atoms with Crippen LogP contribution in [0.15, 0.2) is 41.5 Å². The third-order valence-electron chi connectivity index (χ3n) is 4.26. The van der Waals surface area contributed by atoms with Crippen molar-refractivity contribution in [3.05, 3.63) is 59.7 Å². The lowest BCUT2D eigenvalue weighted by Gasteiger charge is -2.21. The van der Waals surface area contributed by atoms with Crippen LogP contribution in [0, 0.1) is 17.5 Å². The van der Waals surface area contributed by atoms with Gasteiger partial charge in [-0.05, 0) is 30.7 Å². The van der Waals surface area contributed by atoms with E-state index in [-0.39, 0.29) is 24.0 Å².